The Morgan fingerprint density at radius 1 is 1.00 bits per heavy atom. The lowest BCUT2D eigenvalue weighted by Crippen LogP contribution is -2.34. The molecule has 4 rings (SSSR count). The van der Waals surface area contributed by atoms with Gasteiger partial charge in [0.15, 0.2) is 11.5 Å². The van der Waals surface area contributed by atoms with Gasteiger partial charge in [-0.05, 0) is 48.7 Å². The number of nitrogens with zero attached hydrogens (tertiary/aromatic N) is 2. The first-order valence-electron chi connectivity index (χ1n) is 9.31. The van der Waals surface area contributed by atoms with Gasteiger partial charge in [0, 0.05) is 17.3 Å². The van der Waals surface area contributed by atoms with Crippen molar-refractivity contribution in [1.82, 2.24) is 9.78 Å². The molecule has 1 unspecified atom stereocenters. The van der Waals surface area contributed by atoms with Crippen molar-refractivity contribution < 1.29 is 14.3 Å². The van der Waals surface area contributed by atoms with Crippen LogP contribution in [0.5, 0.6) is 11.5 Å². The van der Waals surface area contributed by atoms with E-state index in [1.807, 2.05) is 30.3 Å². The molecular formula is C22H21N3O4. The van der Waals surface area contributed by atoms with Crippen molar-refractivity contribution in [3.05, 3.63) is 70.5 Å². The van der Waals surface area contributed by atoms with Crippen LogP contribution in [0.4, 0.5) is 5.69 Å². The minimum atomic E-state index is -0.685. The predicted molar refractivity (Wildman–Crippen MR) is 109 cm³/mol. The van der Waals surface area contributed by atoms with Gasteiger partial charge in [-0.2, -0.15) is 5.10 Å². The maximum atomic E-state index is 12.8. The second-order valence-corrected chi connectivity index (χ2v) is 6.77. The molecule has 0 saturated heterocycles. The second kappa shape index (κ2) is 7.79. The summed E-state index contributed by atoms with van der Waals surface area (Å²) in [5, 5.41) is 7.41. The average molecular weight is 391 g/mol. The second-order valence-electron chi connectivity index (χ2n) is 6.77. The van der Waals surface area contributed by atoms with Crippen LogP contribution in [0.15, 0.2) is 59.4 Å². The lowest BCUT2D eigenvalue weighted by molar-refractivity contribution is -0.119. The summed E-state index contributed by atoms with van der Waals surface area (Å²) in [6.07, 6.45) is 1.17. The average Bonchev–Trinajstić information content (AvgIpc) is 2.92. The molecule has 7 heteroatoms. The zero-order valence-corrected chi connectivity index (χ0v) is 16.2. The van der Waals surface area contributed by atoms with Gasteiger partial charge in [0.25, 0.3) is 5.56 Å². The molecule has 1 atom stereocenters. The highest BCUT2D eigenvalue weighted by Gasteiger charge is 2.27. The SMILES string of the molecule is COc1ccc(-c2ccc(=O)n(C3CCc4ccccc4NC3=O)n2)cc1OC. The number of anilines is 1. The van der Waals surface area contributed by atoms with E-state index in [1.165, 1.54) is 10.7 Å². The third-order valence-corrected chi connectivity index (χ3v) is 5.06. The Morgan fingerprint density at radius 3 is 2.59 bits per heavy atom. The normalized spacial score (nSPS) is 15.8. The fourth-order valence-corrected chi connectivity index (χ4v) is 3.53. The number of amides is 1. The fourth-order valence-electron chi connectivity index (χ4n) is 3.53. The van der Waals surface area contributed by atoms with Crippen LogP contribution in [0.1, 0.15) is 18.0 Å². The summed E-state index contributed by atoms with van der Waals surface area (Å²) in [7, 11) is 3.13. The molecule has 1 aromatic heterocycles. The van der Waals surface area contributed by atoms with Crippen LogP contribution in [-0.4, -0.2) is 29.9 Å². The predicted octanol–water partition coefficient (Wildman–Crippen LogP) is 3.05. The van der Waals surface area contributed by atoms with E-state index in [1.54, 1.807) is 32.4 Å². The van der Waals surface area contributed by atoms with E-state index in [0.29, 0.717) is 30.0 Å². The molecule has 1 aliphatic rings. The minimum absolute atomic E-state index is 0.242. The number of para-hydroxylation sites is 1. The van der Waals surface area contributed by atoms with Gasteiger partial charge in [-0.25, -0.2) is 4.68 Å². The molecule has 2 heterocycles. The molecule has 3 aromatic rings. The van der Waals surface area contributed by atoms with E-state index in [-0.39, 0.29) is 11.5 Å². The van der Waals surface area contributed by atoms with E-state index < -0.39 is 6.04 Å². The molecule has 1 aliphatic heterocycles. The van der Waals surface area contributed by atoms with Gasteiger partial charge in [-0.15, -0.1) is 0 Å². The number of rotatable bonds is 4. The molecule has 0 aliphatic carbocycles. The maximum absolute atomic E-state index is 12.8. The van der Waals surface area contributed by atoms with Crippen molar-refractivity contribution in [1.29, 1.82) is 0 Å². The molecule has 7 nitrogen and oxygen atoms in total. The van der Waals surface area contributed by atoms with Gasteiger partial charge in [0.1, 0.15) is 6.04 Å². The van der Waals surface area contributed by atoms with Crippen molar-refractivity contribution in [3.8, 4) is 22.8 Å². The van der Waals surface area contributed by atoms with Crippen molar-refractivity contribution >= 4 is 11.6 Å². The Labute approximate surface area is 167 Å². The smallest absolute Gasteiger partial charge is 0.267 e. The number of aromatic nitrogens is 2. The van der Waals surface area contributed by atoms with Crippen LogP contribution in [-0.2, 0) is 11.2 Å². The summed E-state index contributed by atoms with van der Waals surface area (Å²) >= 11 is 0. The molecule has 29 heavy (non-hydrogen) atoms. The first-order chi connectivity index (χ1) is 14.1. The van der Waals surface area contributed by atoms with Crippen molar-refractivity contribution in [2.24, 2.45) is 0 Å². The standard InChI is InChI=1S/C22H21N3O4/c1-28-19-11-8-15(13-20(19)29-2)17-9-12-21(26)25(24-17)18-10-7-14-5-3-4-6-16(14)23-22(18)27/h3-6,8-9,11-13,18H,7,10H2,1-2H3,(H,23,27). The van der Waals surface area contributed by atoms with Gasteiger partial charge >= 0.3 is 0 Å². The molecule has 0 radical (unpaired) electrons. The Kier molecular flexibility index (Phi) is 5.03. The van der Waals surface area contributed by atoms with E-state index >= 15 is 0 Å². The number of carbonyl (C=O) groups excluding carboxylic acids is 1. The monoisotopic (exact) mass is 391 g/mol. The van der Waals surface area contributed by atoms with Crippen LogP contribution in [0.2, 0.25) is 0 Å². The van der Waals surface area contributed by atoms with Gasteiger partial charge in [0.05, 0.1) is 19.9 Å². The molecule has 0 saturated carbocycles. The zero-order valence-electron chi connectivity index (χ0n) is 16.2. The maximum Gasteiger partial charge on any atom is 0.267 e. The van der Waals surface area contributed by atoms with Crippen molar-refractivity contribution in [3.63, 3.8) is 0 Å². The van der Waals surface area contributed by atoms with Crippen molar-refractivity contribution in [2.45, 2.75) is 18.9 Å². The first kappa shape index (κ1) is 18.7. The molecule has 0 fully saturated rings. The van der Waals surface area contributed by atoms with Gasteiger partial charge in [-0.1, -0.05) is 18.2 Å². The molecule has 0 bridgehead atoms. The number of ether oxygens (including phenoxy) is 2. The van der Waals surface area contributed by atoms with Crippen LogP contribution < -0.4 is 20.3 Å². The van der Waals surface area contributed by atoms with Gasteiger partial charge < -0.3 is 14.8 Å². The highest BCUT2D eigenvalue weighted by atomic mass is 16.5. The van der Waals surface area contributed by atoms with Crippen LogP contribution in [0, 0.1) is 0 Å². The Balaban J connectivity index is 1.71. The number of aryl methyl sites for hydroxylation is 1. The van der Waals surface area contributed by atoms with Gasteiger partial charge in [0.2, 0.25) is 5.91 Å². The summed E-state index contributed by atoms with van der Waals surface area (Å²) in [6.45, 7) is 0. The first-order valence-corrected chi connectivity index (χ1v) is 9.31. The minimum Gasteiger partial charge on any atom is -0.493 e. The number of benzene rings is 2. The van der Waals surface area contributed by atoms with Crippen LogP contribution >= 0.6 is 0 Å². The largest absolute Gasteiger partial charge is 0.493 e. The third-order valence-electron chi connectivity index (χ3n) is 5.06. The summed E-state index contributed by atoms with van der Waals surface area (Å²) in [5.41, 5.74) is 2.84. The summed E-state index contributed by atoms with van der Waals surface area (Å²) < 4.78 is 11.9. The Hall–Kier alpha value is -3.61. The van der Waals surface area contributed by atoms with E-state index in [9.17, 15) is 9.59 Å². The fraction of sp³-hybridized carbons (Fsp3) is 0.227. The summed E-state index contributed by atoms with van der Waals surface area (Å²) in [4.78, 5) is 25.3. The lowest BCUT2D eigenvalue weighted by atomic mass is 10.1. The topological polar surface area (TPSA) is 82.5 Å². The summed E-state index contributed by atoms with van der Waals surface area (Å²) in [5.74, 6) is 0.923. The molecular weight excluding hydrogens is 370 g/mol. The summed E-state index contributed by atoms with van der Waals surface area (Å²) in [6, 6.07) is 15.5. The highest BCUT2D eigenvalue weighted by Crippen LogP contribution is 2.32. The Morgan fingerprint density at radius 2 is 1.79 bits per heavy atom. The molecule has 1 N–H and O–H groups in total. The van der Waals surface area contributed by atoms with Crippen LogP contribution in [0.3, 0.4) is 0 Å². The highest BCUT2D eigenvalue weighted by molar-refractivity contribution is 5.95. The molecule has 0 spiro atoms. The zero-order chi connectivity index (χ0) is 20.4. The Bertz CT molecular complexity index is 1120. The van der Waals surface area contributed by atoms with Crippen LogP contribution in [0.25, 0.3) is 11.3 Å². The number of nitrogens with one attached hydrogen (secondary N) is 1. The van der Waals surface area contributed by atoms with E-state index in [4.69, 9.17) is 9.47 Å². The molecule has 2 aromatic carbocycles. The van der Waals surface area contributed by atoms with Gasteiger partial charge in [-0.3, -0.25) is 9.59 Å². The van der Waals surface area contributed by atoms with E-state index in [2.05, 4.69) is 10.4 Å². The number of carbonyl (C=O) groups is 1. The number of methoxy groups -OCH3 is 2. The van der Waals surface area contributed by atoms with E-state index in [0.717, 1.165) is 16.8 Å². The lowest BCUT2D eigenvalue weighted by Gasteiger charge is -2.16. The molecule has 148 valence electrons. The number of hydrogen-bond acceptors (Lipinski definition) is 5. The number of fused-ring (bicyclic) bond motifs is 1. The molecule has 1 amide bonds. The quantitative estimate of drug-likeness (QED) is 0.739. The number of hydrogen-bond donors (Lipinski definition) is 1. The van der Waals surface area contributed by atoms with Crippen molar-refractivity contribution in [2.75, 3.05) is 19.5 Å². The third kappa shape index (κ3) is 3.59.